The van der Waals surface area contributed by atoms with E-state index in [1.54, 1.807) is 0 Å². The average Bonchev–Trinajstić information content (AvgIpc) is 3.27. The predicted octanol–water partition coefficient (Wildman–Crippen LogP) is 3.47. The molecule has 3 aromatic rings. The Morgan fingerprint density at radius 2 is 1.67 bits per heavy atom. The Balaban J connectivity index is 1.21. The summed E-state index contributed by atoms with van der Waals surface area (Å²) >= 11 is 5.41. The van der Waals surface area contributed by atoms with Crippen LogP contribution in [0.2, 0.25) is 0 Å². The van der Waals surface area contributed by atoms with Gasteiger partial charge in [-0.15, -0.1) is 0 Å². The van der Waals surface area contributed by atoms with Crippen molar-refractivity contribution in [3.05, 3.63) is 52.9 Å². The largest absolute Gasteiger partial charge is 0.454 e. The van der Waals surface area contributed by atoms with Gasteiger partial charge in [-0.25, -0.2) is 0 Å². The fourth-order valence-electron chi connectivity index (χ4n) is 3.73. The van der Waals surface area contributed by atoms with Gasteiger partial charge in [-0.1, -0.05) is 18.2 Å². The van der Waals surface area contributed by atoms with Crippen LogP contribution in [0.3, 0.4) is 0 Å². The van der Waals surface area contributed by atoms with Gasteiger partial charge in [-0.3, -0.25) is 14.4 Å². The minimum atomic E-state index is 0.322. The second-order valence-electron chi connectivity index (χ2n) is 6.99. The number of fused-ring (bicyclic) bond motifs is 2. The number of nitrogens with zero attached hydrogens (tertiary/aromatic N) is 3. The lowest BCUT2D eigenvalue weighted by Crippen LogP contribution is -2.46. The zero-order chi connectivity index (χ0) is 18.2. The number of hydrogen-bond donors (Lipinski definition) is 0. The number of hydrogen-bond acceptors (Lipinski definition) is 6. The number of piperazine rings is 1. The van der Waals surface area contributed by atoms with Crippen LogP contribution in [0.1, 0.15) is 5.56 Å². The summed E-state index contributed by atoms with van der Waals surface area (Å²) in [5.74, 6) is 1.69. The van der Waals surface area contributed by atoms with Gasteiger partial charge < -0.3 is 13.9 Å². The van der Waals surface area contributed by atoms with E-state index in [0.29, 0.717) is 11.6 Å². The van der Waals surface area contributed by atoms with Crippen LogP contribution in [-0.2, 0) is 13.2 Å². The smallest absolute Gasteiger partial charge is 0.270 e. The van der Waals surface area contributed by atoms with Crippen LogP contribution in [-0.4, -0.2) is 47.3 Å². The van der Waals surface area contributed by atoms with E-state index in [1.807, 2.05) is 24.3 Å². The van der Waals surface area contributed by atoms with Crippen LogP contribution >= 0.6 is 12.2 Å². The maximum absolute atomic E-state index is 5.70. The second-order valence-corrected chi connectivity index (χ2v) is 7.34. The Kier molecular flexibility index (Phi) is 4.35. The summed E-state index contributed by atoms with van der Waals surface area (Å²) in [5.41, 5.74) is 3.17. The van der Waals surface area contributed by atoms with E-state index in [-0.39, 0.29) is 0 Å². The van der Waals surface area contributed by atoms with E-state index < -0.39 is 0 Å². The van der Waals surface area contributed by atoms with Crippen LogP contribution in [0.5, 0.6) is 11.5 Å². The lowest BCUT2D eigenvalue weighted by molar-refractivity contribution is 0.103. The number of benzene rings is 2. The molecular weight excluding hydrogens is 362 g/mol. The molecule has 0 atom stereocenters. The van der Waals surface area contributed by atoms with Gasteiger partial charge in [-0.05, 0) is 42.0 Å². The number of ether oxygens (including phenoxy) is 2. The Labute approximate surface area is 162 Å². The third-order valence-corrected chi connectivity index (χ3v) is 5.53. The predicted molar refractivity (Wildman–Crippen MR) is 104 cm³/mol. The molecule has 0 aliphatic carbocycles. The van der Waals surface area contributed by atoms with Crippen molar-refractivity contribution in [3.63, 3.8) is 0 Å². The molecule has 0 N–H and O–H groups in total. The minimum Gasteiger partial charge on any atom is -0.454 e. The van der Waals surface area contributed by atoms with E-state index in [4.69, 9.17) is 26.1 Å². The average molecular weight is 383 g/mol. The minimum absolute atomic E-state index is 0.322. The molecule has 0 saturated carbocycles. The van der Waals surface area contributed by atoms with Gasteiger partial charge in [0.05, 0.1) is 12.2 Å². The van der Waals surface area contributed by atoms with Gasteiger partial charge in [0.15, 0.2) is 17.1 Å². The highest BCUT2D eigenvalue weighted by Crippen LogP contribution is 2.32. The van der Waals surface area contributed by atoms with Crippen molar-refractivity contribution in [1.82, 2.24) is 14.4 Å². The molecule has 3 heterocycles. The van der Waals surface area contributed by atoms with Gasteiger partial charge in [-0.2, -0.15) is 0 Å². The highest BCUT2D eigenvalue weighted by atomic mass is 32.1. The van der Waals surface area contributed by atoms with Crippen molar-refractivity contribution in [1.29, 1.82) is 0 Å². The van der Waals surface area contributed by atoms with Crippen LogP contribution in [0.25, 0.3) is 11.1 Å². The number of para-hydroxylation sites is 2. The van der Waals surface area contributed by atoms with Gasteiger partial charge >= 0.3 is 0 Å². The maximum atomic E-state index is 5.70. The summed E-state index contributed by atoms with van der Waals surface area (Å²) in [6.07, 6.45) is 0. The van der Waals surface area contributed by atoms with Gasteiger partial charge in [0.2, 0.25) is 6.79 Å². The fourth-order valence-corrected chi connectivity index (χ4v) is 3.98. The fraction of sp³-hybridized carbons (Fsp3) is 0.350. The molecule has 0 radical (unpaired) electrons. The molecule has 0 amide bonds. The van der Waals surface area contributed by atoms with Crippen molar-refractivity contribution in [2.24, 2.45) is 0 Å². The van der Waals surface area contributed by atoms with Crippen LogP contribution in [0.4, 0.5) is 0 Å². The SMILES string of the molecule is S=c1oc2ccccc2n1CN1CCN(Cc2ccc3c(c2)OCO3)CC1. The Hall–Kier alpha value is -2.35. The van der Waals surface area contributed by atoms with Crippen molar-refractivity contribution in [2.45, 2.75) is 13.2 Å². The molecule has 0 bridgehead atoms. The standard InChI is InChI=1S/C20H21N3O3S/c27-20-23(16-3-1-2-4-17(16)26-20)13-22-9-7-21(8-10-22)12-15-5-6-18-19(11-15)25-14-24-18/h1-6,11H,7-10,12-14H2. The van der Waals surface area contributed by atoms with Gasteiger partial charge in [0.1, 0.15) is 0 Å². The van der Waals surface area contributed by atoms with Crippen molar-refractivity contribution in [2.75, 3.05) is 33.0 Å². The van der Waals surface area contributed by atoms with Gasteiger partial charge in [0.25, 0.3) is 4.84 Å². The lowest BCUT2D eigenvalue weighted by Gasteiger charge is -2.34. The Morgan fingerprint density at radius 1 is 0.889 bits per heavy atom. The first-order valence-corrected chi connectivity index (χ1v) is 9.59. The molecule has 0 spiro atoms. The second kappa shape index (κ2) is 6.99. The normalized spacial score (nSPS) is 17.6. The molecule has 0 unspecified atom stereocenters. The maximum Gasteiger partial charge on any atom is 0.270 e. The first-order chi connectivity index (χ1) is 13.3. The molecule has 1 saturated heterocycles. The van der Waals surface area contributed by atoms with Crippen LogP contribution < -0.4 is 9.47 Å². The van der Waals surface area contributed by atoms with E-state index in [1.165, 1.54) is 5.56 Å². The summed E-state index contributed by atoms with van der Waals surface area (Å²) < 4.78 is 18.6. The summed E-state index contributed by atoms with van der Waals surface area (Å²) in [7, 11) is 0. The highest BCUT2D eigenvalue weighted by molar-refractivity contribution is 7.71. The Morgan fingerprint density at radius 3 is 2.56 bits per heavy atom. The van der Waals surface area contributed by atoms with E-state index in [2.05, 4.69) is 32.6 Å². The van der Waals surface area contributed by atoms with Crippen molar-refractivity contribution in [3.8, 4) is 11.5 Å². The third kappa shape index (κ3) is 3.34. The van der Waals surface area contributed by atoms with E-state index >= 15 is 0 Å². The first kappa shape index (κ1) is 16.8. The molecular formula is C20H21N3O3S. The lowest BCUT2D eigenvalue weighted by atomic mass is 10.1. The monoisotopic (exact) mass is 383 g/mol. The van der Waals surface area contributed by atoms with E-state index in [0.717, 1.165) is 62.0 Å². The summed E-state index contributed by atoms with van der Waals surface area (Å²) in [6.45, 7) is 6.09. The summed E-state index contributed by atoms with van der Waals surface area (Å²) in [5, 5.41) is 0. The zero-order valence-corrected chi connectivity index (χ0v) is 15.8. The molecule has 140 valence electrons. The highest BCUT2D eigenvalue weighted by Gasteiger charge is 2.20. The van der Waals surface area contributed by atoms with Crippen molar-refractivity contribution >= 4 is 23.3 Å². The summed E-state index contributed by atoms with van der Waals surface area (Å²) in [6, 6.07) is 14.2. The van der Waals surface area contributed by atoms with Crippen LogP contribution in [0.15, 0.2) is 46.9 Å². The molecule has 2 aromatic carbocycles. The molecule has 2 aliphatic rings. The molecule has 2 aliphatic heterocycles. The topological polar surface area (TPSA) is 43.0 Å². The molecule has 27 heavy (non-hydrogen) atoms. The van der Waals surface area contributed by atoms with Crippen LogP contribution in [0, 0.1) is 4.84 Å². The molecule has 1 aromatic heterocycles. The zero-order valence-electron chi connectivity index (χ0n) is 15.0. The molecule has 7 heteroatoms. The molecule has 6 nitrogen and oxygen atoms in total. The Bertz CT molecular complexity index is 1020. The first-order valence-electron chi connectivity index (χ1n) is 9.18. The van der Waals surface area contributed by atoms with E-state index in [9.17, 15) is 0 Å². The van der Waals surface area contributed by atoms with Crippen molar-refractivity contribution < 1.29 is 13.9 Å². The molecule has 5 rings (SSSR count). The summed E-state index contributed by atoms with van der Waals surface area (Å²) in [4.78, 5) is 5.44. The number of rotatable bonds is 4. The molecule has 1 fully saturated rings. The number of aromatic nitrogens is 1. The van der Waals surface area contributed by atoms with Gasteiger partial charge in [0, 0.05) is 32.7 Å². The third-order valence-electron chi connectivity index (χ3n) is 5.22. The number of oxazole rings is 1. The quantitative estimate of drug-likeness (QED) is 0.643.